The molecule has 0 unspecified atom stereocenters. The molecule has 3 aliphatic rings. The maximum Gasteiger partial charge on any atom is 0.257 e. The van der Waals surface area contributed by atoms with E-state index in [1.165, 1.54) is 0 Å². The number of ether oxygens (including phenoxy) is 3. The summed E-state index contributed by atoms with van der Waals surface area (Å²) < 4.78 is 21.3. The van der Waals surface area contributed by atoms with Gasteiger partial charge in [0.15, 0.2) is 11.4 Å². The van der Waals surface area contributed by atoms with Gasteiger partial charge in [0.2, 0.25) is 0 Å². The van der Waals surface area contributed by atoms with Gasteiger partial charge in [0.05, 0.1) is 37.3 Å². The number of carbonyl (C=O) groups excluding carboxylic acids is 1. The van der Waals surface area contributed by atoms with E-state index in [0.717, 1.165) is 60.2 Å². The number of rotatable bonds is 6. The molecule has 1 aliphatic heterocycles. The largest absolute Gasteiger partial charge is 0.379 e. The van der Waals surface area contributed by atoms with Crippen LogP contribution in [-0.4, -0.2) is 75.4 Å². The van der Waals surface area contributed by atoms with Crippen molar-refractivity contribution in [1.29, 1.82) is 0 Å². The number of pyridine rings is 1. The number of nitrogens with one attached hydrogen (secondary N) is 2. The average Bonchev–Trinajstić information content (AvgIpc) is 3.72. The number of amides is 1. The number of aromatic nitrogens is 5. The Labute approximate surface area is 219 Å². The van der Waals surface area contributed by atoms with Crippen LogP contribution < -0.4 is 10.6 Å². The van der Waals surface area contributed by atoms with E-state index in [9.17, 15) is 4.79 Å². The van der Waals surface area contributed by atoms with Crippen LogP contribution in [-0.2, 0) is 14.2 Å². The van der Waals surface area contributed by atoms with Crippen LogP contribution in [0, 0.1) is 0 Å². The van der Waals surface area contributed by atoms with Gasteiger partial charge in [0.1, 0.15) is 17.0 Å². The summed E-state index contributed by atoms with van der Waals surface area (Å²) in [7, 11) is 3.51. The van der Waals surface area contributed by atoms with Crippen molar-refractivity contribution < 1.29 is 19.0 Å². The van der Waals surface area contributed by atoms with E-state index in [0.29, 0.717) is 24.4 Å². The zero-order chi connectivity index (χ0) is 25.9. The Balaban J connectivity index is 1.29. The van der Waals surface area contributed by atoms with Crippen LogP contribution in [0.15, 0.2) is 36.8 Å². The third kappa shape index (κ3) is 3.68. The molecule has 2 aliphatic carbocycles. The normalized spacial score (nSPS) is 24.3. The molecule has 1 saturated heterocycles. The summed E-state index contributed by atoms with van der Waals surface area (Å²) in [5.41, 5.74) is 3.52. The monoisotopic (exact) mass is 517 g/mol. The summed E-state index contributed by atoms with van der Waals surface area (Å²) in [6, 6.07) is 6.17. The molecule has 7 rings (SSSR count). The molecule has 0 radical (unpaired) electrons. The Morgan fingerprint density at radius 1 is 1.21 bits per heavy atom. The van der Waals surface area contributed by atoms with Crippen LogP contribution >= 0.6 is 0 Å². The van der Waals surface area contributed by atoms with Crippen molar-refractivity contribution in [1.82, 2.24) is 29.5 Å². The van der Waals surface area contributed by atoms with Gasteiger partial charge in [-0.3, -0.25) is 4.79 Å². The lowest BCUT2D eigenvalue weighted by atomic mass is 9.89. The van der Waals surface area contributed by atoms with Crippen LogP contribution in [0.4, 0.5) is 5.82 Å². The lowest BCUT2D eigenvalue weighted by Gasteiger charge is -2.35. The second-order valence-corrected chi connectivity index (χ2v) is 10.3. The van der Waals surface area contributed by atoms with Crippen LogP contribution in [0.2, 0.25) is 0 Å². The van der Waals surface area contributed by atoms with Crippen molar-refractivity contribution in [3.05, 3.63) is 42.4 Å². The Bertz CT molecular complexity index is 1520. The highest BCUT2D eigenvalue weighted by Gasteiger charge is 2.45. The minimum Gasteiger partial charge on any atom is -0.379 e. The second kappa shape index (κ2) is 9.04. The third-order valence-electron chi connectivity index (χ3n) is 8.28. The molecule has 1 amide bonds. The van der Waals surface area contributed by atoms with Crippen LogP contribution in [0.25, 0.3) is 27.9 Å². The van der Waals surface area contributed by atoms with Gasteiger partial charge in [-0.1, -0.05) is 0 Å². The van der Waals surface area contributed by atoms with Gasteiger partial charge in [-0.25, -0.2) is 9.97 Å². The van der Waals surface area contributed by atoms with Crippen molar-refractivity contribution in [2.24, 2.45) is 0 Å². The van der Waals surface area contributed by atoms with E-state index in [4.69, 9.17) is 24.2 Å². The number of hydrogen-bond donors (Lipinski definition) is 2. The first-order valence-corrected chi connectivity index (χ1v) is 13.2. The van der Waals surface area contributed by atoms with E-state index < -0.39 is 5.79 Å². The van der Waals surface area contributed by atoms with Crippen LogP contribution in [0.1, 0.15) is 48.5 Å². The molecule has 3 fully saturated rings. The predicted molar refractivity (Wildman–Crippen MR) is 140 cm³/mol. The molecule has 11 nitrogen and oxygen atoms in total. The van der Waals surface area contributed by atoms with E-state index in [1.54, 1.807) is 17.8 Å². The number of anilines is 1. The van der Waals surface area contributed by atoms with E-state index in [-0.39, 0.29) is 24.1 Å². The first-order valence-electron chi connectivity index (χ1n) is 13.2. The molecule has 0 bridgehead atoms. The molecule has 4 aromatic rings. The topological polar surface area (TPSA) is 117 Å². The highest BCUT2D eigenvalue weighted by Crippen LogP contribution is 2.45. The molecule has 5 heterocycles. The quantitative estimate of drug-likeness (QED) is 0.401. The van der Waals surface area contributed by atoms with E-state index in [2.05, 4.69) is 32.6 Å². The Morgan fingerprint density at radius 2 is 2.08 bits per heavy atom. The van der Waals surface area contributed by atoms with Gasteiger partial charge in [-0.05, 0) is 31.4 Å². The number of hydrogen-bond acceptors (Lipinski definition) is 8. The molecule has 11 heteroatoms. The lowest BCUT2D eigenvalue weighted by molar-refractivity contribution is -0.152. The molecular weight excluding hydrogens is 486 g/mol. The summed E-state index contributed by atoms with van der Waals surface area (Å²) >= 11 is 0. The van der Waals surface area contributed by atoms with Crippen LogP contribution in [0.3, 0.4) is 0 Å². The highest BCUT2D eigenvalue weighted by molar-refractivity contribution is 6.01. The molecule has 3 atom stereocenters. The number of nitrogens with zero attached hydrogens (tertiary/aromatic N) is 5. The molecule has 1 spiro atoms. The molecule has 2 saturated carbocycles. The fourth-order valence-electron chi connectivity index (χ4n) is 6.11. The Kier molecular flexibility index (Phi) is 5.60. The van der Waals surface area contributed by atoms with Gasteiger partial charge in [0.25, 0.3) is 5.91 Å². The first-order chi connectivity index (χ1) is 18.6. The van der Waals surface area contributed by atoms with E-state index in [1.807, 2.05) is 25.4 Å². The summed E-state index contributed by atoms with van der Waals surface area (Å²) in [5, 5.41) is 11.8. The standard InChI is InChI=1S/C27H31N7O4/c1-28-23-12-21(31-25-18(14-30-34(23)25)26(35)32-20-5-6-22(20)36-2)19-15-33(24-17(19)4-3-9-29-24)16-7-8-27(13-16)37-10-11-38-27/h3-4,9,12,14-16,20,22,28H,5-8,10-11,13H2,1-2H3,(H,32,35)/t16-,20+,22+/m1/s1. The van der Waals surface area contributed by atoms with Crippen molar-refractivity contribution >= 4 is 28.4 Å². The Hall–Kier alpha value is -3.54. The Morgan fingerprint density at radius 3 is 2.84 bits per heavy atom. The minimum absolute atomic E-state index is 0.000912. The van der Waals surface area contributed by atoms with Gasteiger partial charge >= 0.3 is 0 Å². The van der Waals surface area contributed by atoms with Gasteiger partial charge in [0, 0.05) is 62.5 Å². The SMILES string of the molecule is CNc1cc(-c2cn([C@@H]3CCC4(C3)OCCO4)c3ncccc23)nc2c(C(=O)N[C@H]3CC[C@@H]3OC)cnn12. The number of carbonyl (C=O) groups is 1. The lowest BCUT2D eigenvalue weighted by Crippen LogP contribution is -2.51. The maximum atomic E-state index is 13.2. The number of methoxy groups -OCH3 is 1. The molecule has 198 valence electrons. The predicted octanol–water partition coefficient (Wildman–Crippen LogP) is 3.16. The molecule has 2 N–H and O–H groups in total. The average molecular weight is 518 g/mol. The van der Waals surface area contributed by atoms with Crippen molar-refractivity contribution in [3.8, 4) is 11.3 Å². The minimum atomic E-state index is -0.477. The summed E-state index contributed by atoms with van der Waals surface area (Å²) in [6.45, 7) is 1.29. The van der Waals surface area contributed by atoms with Crippen molar-refractivity contribution in [2.75, 3.05) is 32.7 Å². The molecule has 4 aromatic heterocycles. The van der Waals surface area contributed by atoms with Gasteiger partial charge < -0.3 is 29.4 Å². The van der Waals surface area contributed by atoms with E-state index >= 15 is 0 Å². The molecule has 0 aromatic carbocycles. The first kappa shape index (κ1) is 23.6. The maximum absolute atomic E-state index is 13.2. The molecule has 38 heavy (non-hydrogen) atoms. The summed E-state index contributed by atoms with van der Waals surface area (Å²) in [4.78, 5) is 22.9. The smallest absolute Gasteiger partial charge is 0.257 e. The summed E-state index contributed by atoms with van der Waals surface area (Å²) in [5.74, 6) is 0.0598. The van der Waals surface area contributed by atoms with Gasteiger partial charge in [-0.15, -0.1) is 0 Å². The summed E-state index contributed by atoms with van der Waals surface area (Å²) in [6.07, 6.45) is 10.0. The van der Waals surface area contributed by atoms with Crippen LogP contribution in [0.5, 0.6) is 0 Å². The molecular formula is C27H31N7O4. The second-order valence-electron chi connectivity index (χ2n) is 10.3. The fourth-order valence-corrected chi connectivity index (χ4v) is 6.11. The third-order valence-corrected chi connectivity index (χ3v) is 8.28. The highest BCUT2D eigenvalue weighted by atomic mass is 16.7. The van der Waals surface area contributed by atoms with Crippen molar-refractivity contribution in [2.45, 2.75) is 56.1 Å². The van der Waals surface area contributed by atoms with Crippen molar-refractivity contribution in [3.63, 3.8) is 0 Å². The number of fused-ring (bicyclic) bond motifs is 2. The fraction of sp³-hybridized carbons (Fsp3) is 0.481. The van der Waals surface area contributed by atoms with Gasteiger partial charge in [-0.2, -0.15) is 9.61 Å². The zero-order valence-electron chi connectivity index (χ0n) is 21.5. The zero-order valence-corrected chi connectivity index (χ0v) is 21.5.